The van der Waals surface area contributed by atoms with Gasteiger partial charge < -0.3 is 10.1 Å². The summed E-state index contributed by atoms with van der Waals surface area (Å²) in [6.07, 6.45) is 0.130. The highest BCUT2D eigenvalue weighted by Gasteiger charge is 2.27. The number of anilines is 1. The maximum absolute atomic E-state index is 13.1. The van der Waals surface area contributed by atoms with Crippen LogP contribution in [0.25, 0.3) is 0 Å². The molecule has 0 aliphatic heterocycles. The van der Waals surface area contributed by atoms with Gasteiger partial charge in [0.2, 0.25) is 15.9 Å². The van der Waals surface area contributed by atoms with Crippen molar-refractivity contribution in [3.05, 3.63) is 88.4 Å². The van der Waals surface area contributed by atoms with Crippen molar-refractivity contribution in [2.45, 2.75) is 24.3 Å². The van der Waals surface area contributed by atoms with E-state index in [1.165, 1.54) is 12.1 Å². The molecule has 9 heteroatoms. The van der Waals surface area contributed by atoms with Gasteiger partial charge in [-0.25, -0.2) is 8.42 Å². The molecule has 3 aromatic rings. The highest BCUT2D eigenvalue weighted by Crippen LogP contribution is 2.30. The van der Waals surface area contributed by atoms with Crippen LogP contribution in [0.2, 0.25) is 10.0 Å². The Morgan fingerprint density at radius 1 is 0.938 bits per heavy atom. The Balaban J connectivity index is 1.87. The Bertz CT molecular complexity index is 1150. The summed E-state index contributed by atoms with van der Waals surface area (Å²) < 4.78 is 33.9. The van der Waals surface area contributed by atoms with Gasteiger partial charge in [0.15, 0.2) is 0 Å². The number of carbonyl (C=O) groups is 1. The first-order valence-corrected chi connectivity index (χ1v) is 12.1. The van der Waals surface area contributed by atoms with Crippen LogP contribution in [0.4, 0.5) is 5.69 Å². The number of para-hydroxylation sites is 1. The van der Waals surface area contributed by atoms with E-state index in [4.69, 9.17) is 27.9 Å². The summed E-state index contributed by atoms with van der Waals surface area (Å²) in [7, 11) is -4.00. The van der Waals surface area contributed by atoms with Gasteiger partial charge in [-0.1, -0.05) is 59.6 Å². The Hall–Kier alpha value is -2.58. The average Bonchev–Trinajstić information content (AvgIpc) is 2.77. The Morgan fingerprint density at radius 2 is 1.56 bits per heavy atom. The molecule has 6 nitrogen and oxygen atoms in total. The summed E-state index contributed by atoms with van der Waals surface area (Å²) in [6.45, 7) is 2.30. The van der Waals surface area contributed by atoms with Gasteiger partial charge in [0, 0.05) is 0 Å². The molecule has 0 fully saturated rings. The van der Waals surface area contributed by atoms with Crippen LogP contribution in [-0.4, -0.2) is 27.0 Å². The number of sulfonamides is 1. The minimum Gasteiger partial charge on any atom is -0.494 e. The number of nitrogens with one attached hydrogen (secondary N) is 2. The van der Waals surface area contributed by atoms with Gasteiger partial charge in [-0.05, 0) is 55.3 Å². The van der Waals surface area contributed by atoms with Gasteiger partial charge in [0.1, 0.15) is 11.8 Å². The molecular weight excluding hydrogens is 471 g/mol. The molecular formula is C23H22Cl2N2O4S. The topological polar surface area (TPSA) is 84.5 Å². The quantitative estimate of drug-likeness (QED) is 0.443. The van der Waals surface area contributed by atoms with Crippen molar-refractivity contribution in [1.29, 1.82) is 0 Å². The van der Waals surface area contributed by atoms with E-state index in [0.29, 0.717) is 12.4 Å². The Kier molecular flexibility index (Phi) is 8.15. The third kappa shape index (κ3) is 6.23. The number of carbonyl (C=O) groups excluding carboxylic acids is 1. The van der Waals surface area contributed by atoms with Gasteiger partial charge in [0.25, 0.3) is 0 Å². The van der Waals surface area contributed by atoms with E-state index in [-0.39, 0.29) is 27.0 Å². The van der Waals surface area contributed by atoms with Crippen molar-refractivity contribution in [2.24, 2.45) is 0 Å². The van der Waals surface area contributed by atoms with Crippen molar-refractivity contribution in [2.75, 3.05) is 11.9 Å². The molecule has 0 aliphatic carbocycles. The maximum atomic E-state index is 13.1. The van der Waals surface area contributed by atoms with Crippen LogP contribution in [0.3, 0.4) is 0 Å². The zero-order valence-electron chi connectivity index (χ0n) is 17.2. The van der Waals surface area contributed by atoms with Gasteiger partial charge in [-0.15, -0.1) is 0 Å². The Labute approximate surface area is 197 Å². The second kappa shape index (κ2) is 10.8. The van der Waals surface area contributed by atoms with Gasteiger partial charge in [0.05, 0.1) is 27.2 Å². The van der Waals surface area contributed by atoms with Crippen LogP contribution in [0, 0.1) is 0 Å². The molecule has 0 saturated carbocycles. The lowest BCUT2D eigenvalue weighted by Crippen LogP contribution is -2.45. The van der Waals surface area contributed by atoms with E-state index in [9.17, 15) is 13.2 Å². The van der Waals surface area contributed by atoms with E-state index < -0.39 is 22.0 Å². The standard InChI is InChI=1S/C23H22Cl2N2O4S/c1-2-31-17-11-13-18(14-12-17)32(29,30)27-21(15-16-7-4-3-5-8-16)23(28)26-22-19(24)9-6-10-20(22)25/h3-14,21,27H,2,15H2,1H3,(H,26,28). The van der Waals surface area contributed by atoms with Crippen molar-refractivity contribution < 1.29 is 17.9 Å². The summed E-state index contributed by atoms with van der Waals surface area (Å²) in [5.41, 5.74) is 1.01. The number of rotatable bonds is 9. The first kappa shape index (κ1) is 24.1. The fourth-order valence-corrected chi connectivity index (χ4v) is 4.69. The number of hydrogen-bond donors (Lipinski definition) is 2. The van der Waals surface area contributed by atoms with Gasteiger partial charge in [-0.3, -0.25) is 4.79 Å². The van der Waals surface area contributed by atoms with Gasteiger partial charge >= 0.3 is 0 Å². The minimum atomic E-state index is -4.00. The highest BCUT2D eigenvalue weighted by molar-refractivity contribution is 7.89. The average molecular weight is 493 g/mol. The minimum absolute atomic E-state index is 0.0163. The van der Waals surface area contributed by atoms with E-state index >= 15 is 0 Å². The molecule has 0 saturated heterocycles. The lowest BCUT2D eigenvalue weighted by Gasteiger charge is -2.20. The van der Waals surface area contributed by atoms with E-state index in [2.05, 4.69) is 10.0 Å². The monoisotopic (exact) mass is 492 g/mol. The third-order valence-electron chi connectivity index (χ3n) is 4.55. The molecule has 0 aliphatic rings. The fraction of sp³-hybridized carbons (Fsp3) is 0.174. The summed E-state index contributed by atoms with van der Waals surface area (Å²) in [5, 5.41) is 3.15. The zero-order chi connectivity index (χ0) is 23.1. The molecule has 3 aromatic carbocycles. The summed E-state index contributed by atoms with van der Waals surface area (Å²) in [4.78, 5) is 13.1. The summed E-state index contributed by atoms with van der Waals surface area (Å²) >= 11 is 12.3. The summed E-state index contributed by atoms with van der Waals surface area (Å²) in [6, 6.07) is 18.8. The lowest BCUT2D eigenvalue weighted by molar-refractivity contribution is -0.117. The molecule has 32 heavy (non-hydrogen) atoms. The predicted octanol–water partition coefficient (Wildman–Crippen LogP) is 4.92. The van der Waals surface area contributed by atoms with Crippen LogP contribution in [0.5, 0.6) is 5.75 Å². The first-order valence-electron chi connectivity index (χ1n) is 9.84. The number of amides is 1. The second-order valence-electron chi connectivity index (χ2n) is 6.85. The molecule has 0 aromatic heterocycles. The van der Waals surface area contributed by atoms with Crippen molar-refractivity contribution >= 4 is 44.8 Å². The van der Waals surface area contributed by atoms with Crippen molar-refractivity contribution in [1.82, 2.24) is 4.72 Å². The molecule has 2 N–H and O–H groups in total. The van der Waals surface area contributed by atoms with E-state index in [0.717, 1.165) is 5.56 Å². The molecule has 1 atom stereocenters. The van der Waals surface area contributed by atoms with Crippen LogP contribution < -0.4 is 14.8 Å². The predicted molar refractivity (Wildman–Crippen MR) is 127 cm³/mol. The van der Waals surface area contributed by atoms with E-state index in [1.54, 1.807) is 30.3 Å². The van der Waals surface area contributed by atoms with Gasteiger partial charge in [-0.2, -0.15) is 4.72 Å². The summed E-state index contributed by atoms with van der Waals surface area (Å²) in [5.74, 6) is -0.0308. The third-order valence-corrected chi connectivity index (χ3v) is 6.67. The van der Waals surface area contributed by atoms with Crippen LogP contribution in [-0.2, 0) is 21.2 Å². The lowest BCUT2D eigenvalue weighted by atomic mass is 10.1. The molecule has 0 heterocycles. The van der Waals surface area contributed by atoms with Crippen molar-refractivity contribution in [3.63, 3.8) is 0 Å². The molecule has 1 amide bonds. The van der Waals surface area contributed by atoms with Crippen LogP contribution in [0.1, 0.15) is 12.5 Å². The number of hydrogen-bond acceptors (Lipinski definition) is 4. The smallest absolute Gasteiger partial charge is 0.242 e. The number of ether oxygens (including phenoxy) is 1. The molecule has 1 unspecified atom stereocenters. The SMILES string of the molecule is CCOc1ccc(S(=O)(=O)NC(Cc2ccccc2)C(=O)Nc2c(Cl)cccc2Cl)cc1. The normalized spacial score (nSPS) is 12.2. The van der Waals surface area contributed by atoms with Crippen LogP contribution in [0.15, 0.2) is 77.7 Å². The van der Waals surface area contributed by atoms with Crippen LogP contribution >= 0.6 is 23.2 Å². The van der Waals surface area contributed by atoms with E-state index in [1.807, 2.05) is 37.3 Å². The molecule has 0 bridgehead atoms. The largest absolute Gasteiger partial charge is 0.494 e. The highest BCUT2D eigenvalue weighted by atomic mass is 35.5. The Morgan fingerprint density at radius 3 is 2.16 bits per heavy atom. The molecule has 168 valence electrons. The molecule has 0 radical (unpaired) electrons. The number of halogens is 2. The zero-order valence-corrected chi connectivity index (χ0v) is 19.5. The fourth-order valence-electron chi connectivity index (χ4n) is 3.00. The first-order chi connectivity index (χ1) is 15.3. The number of benzene rings is 3. The maximum Gasteiger partial charge on any atom is 0.242 e. The second-order valence-corrected chi connectivity index (χ2v) is 9.38. The molecule has 3 rings (SSSR count). The van der Waals surface area contributed by atoms with Crippen molar-refractivity contribution in [3.8, 4) is 5.75 Å². The molecule has 0 spiro atoms.